The standard InChI is InChI=1S/C18H24N2O2/c21-18-17(8-12-22-18)19-9-5-14(6-10-19)13-20-11-7-15-3-1-2-4-16(15)20/h1-4,14,17H,5-13H2/t17-/m1/s1. The van der Waals surface area contributed by atoms with Crippen LogP contribution in [0.1, 0.15) is 24.8 Å². The summed E-state index contributed by atoms with van der Waals surface area (Å²) in [5.74, 6) is 0.742. The molecule has 4 nitrogen and oxygen atoms in total. The maximum absolute atomic E-state index is 11.7. The molecule has 1 aromatic carbocycles. The van der Waals surface area contributed by atoms with Gasteiger partial charge in [-0.15, -0.1) is 0 Å². The van der Waals surface area contributed by atoms with Crippen LogP contribution in [0.4, 0.5) is 5.69 Å². The molecule has 0 aromatic heterocycles. The Morgan fingerprint density at radius 1 is 1.09 bits per heavy atom. The molecule has 0 N–H and O–H groups in total. The van der Waals surface area contributed by atoms with Gasteiger partial charge in [-0.3, -0.25) is 9.69 Å². The Morgan fingerprint density at radius 2 is 1.91 bits per heavy atom. The number of nitrogens with zero attached hydrogens (tertiary/aromatic N) is 2. The molecule has 3 heterocycles. The van der Waals surface area contributed by atoms with Gasteiger partial charge in [0, 0.05) is 25.2 Å². The van der Waals surface area contributed by atoms with Crippen LogP contribution in [-0.2, 0) is 16.0 Å². The van der Waals surface area contributed by atoms with E-state index in [9.17, 15) is 4.79 Å². The van der Waals surface area contributed by atoms with Crippen LogP contribution >= 0.6 is 0 Å². The Balaban J connectivity index is 1.32. The van der Waals surface area contributed by atoms with Crippen molar-refractivity contribution in [3.63, 3.8) is 0 Å². The van der Waals surface area contributed by atoms with Gasteiger partial charge in [-0.05, 0) is 49.9 Å². The number of likely N-dealkylation sites (tertiary alicyclic amines) is 1. The van der Waals surface area contributed by atoms with Gasteiger partial charge >= 0.3 is 5.97 Å². The molecular weight excluding hydrogens is 276 g/mol. The molecule has 3 aliphatic heterocycles. The highest BCUT2D eigenvalue weighted by Gasteiger charge is 2.35. The molecule has 0 amide bonds. The van der Waals surface area contributed by atoms with Crippen LogP contribution in [0.15, 0.2) is 24.3 Å². The zero-order chi connectivity index (χ0) is 14.9. The normalized spacial score (nSPS) is 26.3. The fourth-order valence-corrected chi connectivity index (χ4v) is 4.17. The molecule has 1 aromatic rings. The molecule has 22 heavy (non-hydrogen) atoms. The minimum atomic E-state index is -0.00748. The highest BCUT2D eigenvalue weighted by atomic mass is 16.5. The van der Waals surface area contributed by atoms with Crippen LogP contribution in [0.5, 0.6) is 0 Å². The van der Waals surface area contributed by atoms with E-state index in [2.05, 4.69) is 34.1 Å². The number of ether oxygens (including phenoxy) is 1. The highest BCUT2D eigenvalue weighted by molar-refractivity contribution is 5.77. The number of hydrogen-bond acceptors (Lipinski definition) is 4. The lowest BCUT2D eigenvalue weighted by molar-refractivity contribution is -0.142. The van der Waals surface area contributed by atoms with Crippen molar-refractivity contribution < 1.29 is 9.53 Å². The molecule has 1 atom stereocenters. The summed E-state index contributed by atoms with van der Waals surface area (Å²) in [5, 5.41) is 0. The van der Waals surface area contributed by atoms with E-state index in [1.165, 1.54) is 37.1 Å². The minimum Gasteiger partial charge on any atom is -0.464 e. The molecule has 3 aliphatic rings. The number of rotatable bonds is 3. The quantitative estimate of drug-likeness (QED) is 0.800. The monoisotopic (exact) mass is 300 g/mol. The van der Waals surface area contributed by atoms with Crippen molar-refractivity contribution in [1.82, 2.24) is 4.90 Å². The first-order chi connectivity index (χ1) is 10.8. The van der Waals surface area contributed by atoms with Gasteiger partial charge in [-0.2, -0.15) is 0 Å². The number of carbonyl (C=O) groups excluding carboxylic acids is 1. The molecule has 2 fully saturated rings. The van der Waals surface area contributed by atoms with Crippen molar-refractivity contribution in [1.29, 1.82) is 0 Å². The zero-order valence-corrected chi connectivity index (χ0v) is 13.0. The maximum atomic E-state index is 11.7. The SMILES string of the molecule is O=C1OCC[C@H]1N1CCC(CN2CCc3ccccc32)CC1. The van der Waals surface area contributed by atoms with E-state index in [4.69, 9.17) is 4.74 Å². The lowest BCUT2D eigenvalue weighted by Crippen LogP contribution is -2.45. The van der Waals surface area contributed by atoms with Gasteiger partial charge in [-0.25, -0.2) is 0 Å². The molecule has 4 rings (SSSR count). The van der Waals surface area contributed by atoms with E-state index in [1.807, 2.05) is 0 Å². The number of anilines is 1. The number of benzene rings is 1. The second-order valence-electron chi connectivity index (χ2n) is 6.78. The first-order valence-electron chi connectivity index (χ1n) is 8.55. The lowest BCUT2D eigenvalue weighted by Gasteiger charge is -2.36. The van der Waals surface area contributed by atoms with Gasteiger partial charge in [0.25, 0.3) is 0 Å². The van der Waals surface area contributed by atoms with Crippen LogP contribution in [0.2, 0.25) is 0 Å². The van der Waals surface area contributed by atoms with Crippen molar-refractivity contribution in [2.24, 2.45) is 5.92 Å². The number of fused-ring (bicyclic) bond motifs is 1. The minimum absolute atomic E-state index is 0.00748. The first-order valence-corrected chi connectivity index (χ1v) is 8.55. The number of carbonyl (C=O) groups is 1. The smallest absolute Gasteiger partial charge is 0.323 e. The summed E-state index contributed by atoms with van der Waals surface area (Å²) in [6, 6.07) is 8.83. The molecule has 0 unspecified atom stereocenters. The van der Waals surface area contributed by atoms with E-state index < -0.39 is 0 Å². The van der Waals surface area contributed by atoms with E-state index in [0.29, 0.717) is 6.61 Å². The van der Waals surface area contributed by atoms with Crippen LogP contribution in [0.3, 0.4) is 0 Å². The Morgan fingerprint density at radius 3 is 2.68 bits per heavy atom. The van der Waals surface area contributed by atoms with Gasteiger partial charge in [0.05, 0.1) is 6.61 Å². The van der Waals surface area contributed by atoms with Crippen LogP contribution in [0, 0.1) is 5.92 Å². The van der Waals surface area contributed by atoms with E-state index in [0.717, 1.165) is 32.0 Å². The number of para-hydroxylation sites is 1. The molecule has 4 heteroatoms. The molecule has 0 aliphatic carbocycles. The second kappa shape index (κ2) is 5.92. The summed E-state index contributed by atoms with van der Waals surface area (Å²) in [7, 11) is 0. The first kappa shape index (κ1) is 14.1. The summed E-state index contributed by atoms with van der Waals surface area (Å²) in [5.41, 5.74) is 2.93. The summed E-state index contributed by atoms with van der Waals surface area (Å²) < 4.78 is 5.10. The van der Waals surface area contributed by atoms with Crippen molar-refractivity contribution >= 4 is 11.7 Å². The topological polar surface area (TPSA) is 32.8 Å². The van der Waals surface area contributed by atoms with Crippen LogP contribution < -0.4 is 4.90 Å². The van der Waals surface area contributed by atoms with E-state index >= 15 is 0 Å². The zero-order valence-electron chi connectivity index (χ0n) is 13.0. The van der Waals surface area contributed by atoms with Crippen LogP contribution in [0.25, 0.3) is 0 Å². The fourth-order valence-electron chi connectivity index (χ4n) is 4.17. The number of cyclic esters (lactones) is 1. The Labute approximate surface area is 132 Å². The third kappa shape index (κ3) is 2.60. The lowest BCUT2D eigenvalue weighted by atomic mass is 9.95. The number of esters is 1. The largest absolute Gasteiger partial charge is 0.464 e. The van der Waals surface area contributed by atoms with Crippen molar-refractivity contribution in [2.75, 3.05) is 37.7 Å². The molecule has 0 spiro atoms. The van der Waals surface area contributed by atoms with E-state index in [-0.39, 0.29) is 12.0 Å². The predicted molar refractivity (Wildman–Crippen MR) is 86.0 cm³/mol. The fraction of sp³-hybridized carbons (Fsp3) is 0.611. The van der Waals surface area contributed by atoms with Crippen molar-refractivity contribution in [3.8, 4) is 0 Å². The Bertz CT molecular complexity index is 552. The molecular formula is C18H24N2O2. The summed E-state index contributed by atoms with van der Waals surface area (Å²) in [6.45, 7) is 5.02. The van der Waals surface area contributed by atoms with Crippen molar-refractivity contribution in [3.05, 3.63) is 29.8 Å². The molecule has 0 saturated carbocycles. The van der Waals surface area contributed by atoms with Gasteiger partial charge in [0.15, 0.2) is 0 Å². The average molecular weight is 300 g/mol. The maximum Gasteiger partial charge on any atom is 0.323 e. The average Bonchev–Trinajstić information content (AvgIpc) is 3.15. The Hall–Kier alpha value is -1.55. The predicted octanol–water partition coefficient (Wildman–Crippen LogP) is 2.08. The van der Waals surface area contributed by atoms with E-state index in [1.54, 1.807) is 0 Å². The molecule has 0 radical (unpaired) electrons. The third-order valence-corrected chi connectivity index (χ3v) is 5.46. The second-order valence-corrected chi connectivity index (χ2v) is 6.78. The number of piperidine rings is 1. The van der Waals surface area contributed by atoms with Gasteiger partial charge in [-0.1, -0.05) is 18.2 Å². The Kier molecular flexibility index (Phi) is 3.78. The van der Waals surface area contributed by atoms with Gasteiger partial charge in [0.2, 0.25) is 0 Å². The van der Waals surface area contributed by atoms with Gasteiger partial charge < -0.3 is 9.64 Å². The summed E-state index contributed by atoms with van der Waals surface area (Å²) in [4.78, 5) is 16.6. The third-order valence-electron chi connectivity index (χ3n) is 5.46. The molecule has 0 bridgehead atoms. The van der Waals surface area contributed by atoms with Gasteiger partial charge in [0.1, 0.15) is 6.04 Å². The summed E-state index contributed by atoms with van der Waals surface area (Å²) in [6.07, 6.45) is 4.46. The highest BCUT2D eigenvalue weighted by Crippen LogP contribution is 2.30. The van der Waals surface area contributed by atoms with Crippen molar-refractivity contribution in [2.45, 2.75) is 31.7 Å². The molecule has 118 valence electrons. The van der Waals surface area contributed by atoms with Crippen LogP contribution in [-0.4, -0.2) is 49.7 Å². The number of hydrogen-bond donors (Lipinski definition) is 0. The molecule has 2 saturated heterocycles. The summed E-state index contributed by atoms with van der Waals surface area (Å²) >= 11 is 0.